The molecule has 7 aliphatic rings. The molecule has 4 saturated carbocycles. The monoisotopic (exact) mass is 831 g/mol. The van der Waals surface area contributed by atoms with Gasteiger partial charge in [0.25, 0.3) is 0 Å². The number of esters is 1. The lowest BCUT2D eigenvalue weighted by atomic mass is 9.85. The number of hydrogen-bond acceptors (Lipinski definition) is 9. The molecule has 0 unspecified atom stereocenters. The summed E-state index contributed by atoms with van der Waals surface area (Å²) in [7, 11) is -3.96. The second kappa shape index (κ2) is 14.9. The number of Topliss-reactive ketones (excluding diaryl/α,β-unsaturated/α-hetero) is 1. The highest BCUT2D eigenvalue weighted by atomic mass is 32.2. The largest absolute Gasteiger partial charge is 0.483 e. The highest BCUT2D eigenvalue weighted by molar-refractivity contribution is 7.91. The number of nitrogens with zero attached hydrogens (tertiary/aromatic N) is 2. The van der Waals surface area contributed by atoms with E-state index in [4.69, 9.17) is 14.5 Å². The molecule has 4 aliphatic carbocycles. The minimum Gasteiger partial charge on any atom is -0.483 e. The smallest absolute Gasteiger partial charge is 0.307 e. The summed E-state index contributed by atoms with van der Waals surface area (Å²) in [5, 5.41) is 0.695. The Labute approximate surface area is 346 Å². The van der Waals surface area contributed by atoms with E-state index >= 15 is 9.18 Å². The zero-order chi connectivity index (χ0) is 41.4. The third kappa shape index (κ3) is 7.71. The fourth-order valence-electron chi connectivity index (χ4n) is 10.6. The van der Waals surface area contributed by atoms with Crippen molar-refractivity contribution < 1.29 is 41.5 Å². The number of para-hydroxylation sites is 1. The van der Waals surface area contributed by atoms with E-state index in [2.05, 4.69) is 4.72 Å². The van der Waals surface area contributed by atoms with E-state index < -0.39 is 55.2 Å². The maximum Gasteiger partial charge on any atom is 0.307 e. The normalized spacial score (nSPS) is 32.1. The van der Waals surface area contributed by atoms with Crippen LogP contribution in [-0.2, 0) is 40.4 Å². The van der Waals surface area contributed by atoms with Gasteiger partial charge in [-0.2, -0.15) is 0 Å². The van der Waals surface area contributed by atoms with Crippen LogP contribution in [0.25, 0.3) is 10.9 Å². The third-order valence-electron chi connectivity index (χ3n) is 15.0. The number of aryl methyl sites for hydroxylation is 1. The van der Waals surface area contributed by atoms with Gasteiger partial charge in [-0.3, -0.25) is 23.9 Å². The van der Waals surface area contributed by atoms with E-state index in [9.17, 15) is 22.8 Å². The average Bonchev–Trinajstić information content (AvgIpc) is 4.13. The molecule has 5 atom stereocenters. The van der Waals surface area contributed by atoms with Crippen molar-refractivity contribution in [2.75, 3.05) is 6.54 Å². The number of allylic oxidation sites excluding steroid dienone is 2. The number of carbonyl (C=O) groups is 4. The molecule has 1 aromatic heterocycles. The number of sulfonamides is 1. The predicted molar refractivity (Wildman–Crippen MR) is 218 cm³/mol. The minimum atomic E-state index is -3.96. The molecule has 0 bridgehead atoms. The summed E-state index contributed by atoms with van der Waals surface area (Å²) >= 11 is 0. The summed E-state index contributed by atoms with van der Waals surface area (Å²) in [6, 6.07) is 3.98. The predicted octanol–water partition coefficient (Wildman–Crippen LogP) is 7.67. The topological polar surface area (TPSA) is 149 Å². The van der Waals surface area contributed by atoms with Crippen molar-refractivity contribution in [1.29, 1.82) is 0 Å². The van der Waals surface area contributed by atoms with Crippen LogP contribution in [0.2, 0.25) is 0 Å². The first-order valence-corrected chi connectivity index (χ1v) is 23.7. The Balaban J connectivity index is 1.05. The van der Waals surface area contributed by atoms with Crippen LogP contribution in [0.1, 0.15) is 153 Å². The van der Waals surface area contributed by atoms with Crippen molar-refractivity contribution in [3.63, 3.8) is 0 Å². The molecule has 59 heavy (non-hydrogen) atoms. The first-order chi connectivity index (χ1) is 28.1. The number of ketones is 1. The molecule has 9 rings (SSSR count). The highest BCUT2D eigenvalue weighted by Gasteiger charge is 2.63. The van der Waals surface area contributed by atoms with E-state index in [1.807, 2.05) is 25.1 Å². The number of benzene rings is 1. The average molecular weight is 832 g/mol. The minimum absolute atomic E-state index is 0.0965. The van der Waals surface area contributed by atoms with Gasteiger partial charge in [-0.1, -0.05) is 43.5 Å². The molecule has 5 fully saturated rings. The number of nitrogens with one attached hydrogen (secondary N) is 1. The molecular formula is C46H58FN3O8S. The van der Waals surface area contributed by atoms with Crippen LogP contribution in [0.4, 0.5) is 4.39 Å². The molecule has 13 heteroatoms. The number of carbonyl (C=O) groups excluding carboxylic acids is 4. The van der Waals surface area contributed by atoms with Gasteiger partial charge in [0.2, 0.25) is 21.8 Å². The SMILES string of the molecule is CC1(OC(=O)C[C@H]2CCCCC/C=C\[C@@H]3C[C@@]3(C(=O)NS(=O)(=O)C3(C)CC3)CC(=O)[C@@H]3C[C@]4(CCc5c(c(C6CC6)nc6c(F)cccc56)O4)CN3C2=O)CCCCC1. The first kappa shape index (κ1) is 40.5. The van der Waals surface area contributed by atoms with E-state index in [0.29, 0.717) is 67.3 Å². The number of hydrogen-bond donors (Lipinski definition) is 1. The van der Waals surface area contributed by atoms with Gasteiger partial charge < -0.3 is 14.4 Å². The van der Waals surface area contributed by atoms with E-state index in [1.165, 1.54) is 6.07 Å². The lowest BCUT2D eigenvalue weighted by Gasteiger charge is -2.37. The van der Waals surface area contributed by atoms with E-state index in [1.54, 1.807) is 17.9 Å². The molecule has 1 N–H and O–H groups in total. The Morgan fingerprint density at radius 2 is 1.75 bits per heavy atom. The summed E-state index contributed by atoms with van der Waals surface area (Å²) in [4.78, 5) is 64.3. The maximum atomic E-state index is 15.1. The fourth-order valence-corrected chi connectivity index (χ4v) is 11.9. The molecule has 318 valence electrons. The molecule has 1 saturated heterocycles. The van der Waals surface area contributed by atoms with Crippen LogP contribution in [0.5, 0.6) is 5.75 Å². The van der Waals surface area contributed by atoms with Gasteiger partial charge in [-0.15, -0.1) is 0 Å². The second-order valence-electron chi connectivity index (χ2n) is 19.6. The van der Waals surface area contributed by atoms with Crippen LogP contribution in [-0.4, -0.2) is 70.4 Å². The Bertz CT molecular complexity index is 2210. The van der Waals surface area contributed by atoms with Crippen molar-refractivity contribution in [1.82, 2.24) is 14.6 Å². The number of halogens is 1. The summed E-state index contributed by atoms with van der Waals surface area (Å²) < 4.78 is 56.3. The van der Waals surface area contributed by atoms with E-state index in [-0.39, 0.29) is 55.2 Å². The van der Waals surface area contributed by atoms with E-state index in [0.717, 1.165) is 69.8 Å². The zero-order valence-electron chi connectivity index (χ0n) is 34.5. The van der Waals surface area contributed by atoms with Crippen molar-refractivity contribution >= 4 is 44.5 Å². The van der Waals surface area contributed by atoms with Gasteiger partial charge in [0.15, 0.2) is 5.78 Å². The molecule has 2 amide bonds. The van der Waals surface area contributed by atoms with Gasteiger partial charge in [0.05, 0.1) is 34.9 Å². The van der Waals surface area contributed by atoms with Gasteiger partial charge in [-0.05, 0) is 116 Å². The highest BCUT2D eigenvalue weighted by Crippen LogP contribution is 2.58. The number of pyridine rings is 1. The summed E-state index contributed by atoms with van der Waals surface area (Å²) in [6.45, 7) is 3.70. The molecule has 3 aliphatic heterocycles. The standard InChI is InChI=1S/C46H58FN3O8S/c1-43(19-9-6-10-20-43)57-37(52)24-30-12-7-4-3-5-8-13-31-25-46(31,42(54)49-59(55,56)44(2)22-23-44)27-36(51)35-26-45(28-50(35)41(30)53)21-18-33-32-14-11-15-34(47)39(32)48-38(29-16-17-29)40(33)58-45/h8,11,13-15,29-31,35H,3-7,9-10,12,16-28H2,1-2H3,(H,49,54)/b13-8-/t30-,31-,35+,45-,46-/m1/s1. The number of aromatic nitrogens is 1. The Morgan fingerprint density at radius 1 is 0.983 bits per heavy atom. The van der Waals surface area contributed by atoms with Crippen LogP contribution < -0.4 is 9.46 Å². The Kier molecular flexibility index (Phi) is 10.3. The molecule has 4 heterocycles. The number of rotatable bonds is 7. The number of fused-ring (bicyclic) bond motifs is 5. The van der Waals surface area contributed by atoms with Gasteiger partial charge in [-0.25, -0.2) is 17.8 Å². The van der Waals surface area contributed by atoms with Crippen molar-refractivity contribution in [3.8, 4) is 5.75 Å². The molecule has 1 spiro atoms. The third-order valence-corrected chi connectivity index (χ3v) is 17.1. The first-order valence-electron chi connectivity index (χ1n) is 22.2. The fraction of sp³-hybridized carbons (Fsp3) is 0.674. The Hall–Kier alpha value is -3.87. The van der Waals surface area contributed by atoms with Gasteiger partial charge in [0.1, 0.15) is 28.3 Å². The second-order valence-corrected chi connectivity index (χ2v) is 21.8. The van der Waals surface area contributed by atoms with Crippen LogP contribution in [0, 0.1) is 23.1 Å². The molecule has 1 aromatic carbocycles. The summed E-state index contributed by atoms with van der Waals surface area (Å²) in [6.07, 6.45) is 16.1. The lowest BCUT2D eigenvalue weighted by Crippen LogP contribution is -2.48. The van der Waals surface area contributed by atoms with Crippen molar-refractivity contribution in [2.45, 2.75) is 170 Å². The number of ether oxygens (including phenoxy) is 2. The van der Waals surface area contributed by atoms with Crippen molar-refractivity contribution in [3.05, 3.63) is 47.4 Å². The van der Waals surface area contributed by atoms with Crippen LogP contribution in [0.15, 0.2) is 30.4 Å². The van der Waals surface area contributed by atoms with Gasteiger partial charge in [0, 0.05) is 35.6 Å². The summed E-state index contributed by atoms with van der Waals surface area (Å²) in [5.41, 5.74) is -0.877. The van der Waals surface area contributed by atoms with Gasteiger partial charge >= 0.3 is 5.97 Å². The molecule has 11 nitrogen and oxygen atoms in total. The number of amides is 2. The Morgan fingerprint density at radius 3 is 2.49 bits per heavy atom. The van der Waals surface area contributed by atoms with Crippen LogP contribution >= 0.6 is 0 Å². The quantitative estimate of drug-likeness (QED) is 0.219. The lowest BCUT2D eigenvalue weighted by molar-refractivity contribution is -0.164. The molecule has 0 radical (unpaired) electrons. The zero-order valence-corrected chi connectivity index (χ0v) is 35.3. The van der Waals surface area contributed by atoms with Crippen molar-refractivity contribution in [2.24, 2.45) is 17.3 Å². The maximum absolute atomic E-state index is 15.1. The summed E-state index contributed by atoms with van der Waals surface area (Å²) in [5.74, 6) is -2.38. The molecule has 2 aromatic rings. The molecular weight excluding hydrogens is 774 g/mol. The van der Waals surface area contributed by atoms with Crippen LogP contribution in [0.3, 0.4) is 0 Å².